The van der Waals surface area contributed by atoms with E-state index in [9.17, 15) is 29.6 Å². The molecule has 0 radical (unpaired) electrons. The van der Waals surface area contributed by atoms with E-state index in [4.69, 9.17) is 10.5 Å². The van der Waals surface area contributed by atoms with E-state index in [-0.39, 0.29) is 36.6 Å². The Morgan fingerprint density at radius 3 is 2.51 bits per heavy atom. The summed E-state index contributed by atoms with van der Waals surface area (Å²) in [6.07, 6.45) is 1.56. The van der Waals surface area contributed by atoms with Gasteiger partial charge < -0.3 is 30.6 Å². The number of aliphatic hydroxyl groups is 1. The molecule has 55 heavy (non-hydrogen) atoms. The van der Waals surface area contributed by atoms with Crippen LogP contribution in [0.3, 0.4) is 0 Å². The van der Waals surface area contributed by atoms with Crippen LogP contribution in [0.15, 0.2) is 103 Å². The lowest BCUT2D eigenvalue weighted by Crippen LogP contribution is -2.46. The van der Waals surface area contributed by atoms with Gasteiger partial charge in [-0.15, -0.1) is 5.10 Å². The summed E-state index contributed by atoms with van der Waals surface area (Å²) in [6, 6.07) is 27.6. The summed E-state index contributed by atoms with van der Waals surface area (Å²) in [5.41, 5.74) is 8.16. The Labute approximate surface area is 318 Å². The molecule has 1 fully saturated rings. The van der Waals surface area contributed by atoms with Crippen molar-refractivity contribution < 1.29 is 29.2 Å². The van der Waals surface area contributed by atoms with Gasteiger partial charge in [-0.25, -0.2) is 0 Å². The van der Waals surface area contributed by atoms with Crippen LogP contribution >= 0.6 is 0 Å². The second-order valence-electron chi connectivity index (χ2n) is 14.8. The molecule has 1 aromatic heterocycles. The Bertz CT molecular complexity index is 2230. The molecule has 0 saturated carbocycles. The molecule has 3 heterocycles. The van der Waals surface area contributed by atoms with Gasteiger partial charge in [-0.3, -0.25) is 24.4 Å². The van der Waals surface area contributed by atoms with Gasteiger partial charge >= 0.3 is 0 Å². The molecule has 2 amide bonds. The van der Waals surface area contributed by atoms with Gasteiger partial charge in [0.25, 0.3) is 17.5 Å². The van der Waals surface area contributed by atoms with Crippen molar-refractivity contribution in [1.82, 2.24) is 15.0 Å². The summed E-state index contributed by atoms with van der Waals surface area (Å²) in [4.78, 5) is 52.8. The number of amides is 2. The standard InChI is InChI=1S/C40H43N7O7Si/c1-25-37(55(2,3)53)36(18-19-45-23-34(43-44-45)32(24-48)27-9-5-4-6-10-27)54-40(25)33-21-31(47(51)52)16-17-35(33)46(39(40)50)22-26-8-7-11-30(20-26)42-38(49)28-12-14-29(41)15-13-28/h4-17,20-21,23,25,32,36-37,48,53H,18-19,22,24,41H2,1-3H3,(H,42,49)/t25-,32?,36+,37-,40+/m0/s1. The van der Waals surface area contributed by atoms with E-state index >= 15 is 0 Å². The quantitative estimate of drug-likeness (QED) is 0.0539. The smallest absolute Gasteiger partial charge is 0.269 e. The molecule has 5 atom stereocenters. The maximum atomic E-state index is 14.9. The number of nitro benzene ring substituents is 1. The van der Waals surface area contributed by atoms with E-state index < -0.39 is 36.4 Å². The summed E-state index contributed by atoms with van der Waals surface area (Å²) in [5.74, 6) is -1.60. The van der Waals surface area contributed by atoms with Gasteiger partial charge in [0.1, 0.15) is 0 Å². The molecular formula is C40H43N7O7Si. The zero-order valence-electron chi connectivity index (χ0n) is 30.7. The number of anilines is 3. The Morgan fingerprint density at radius 2 is 1.82 bits per heavy atom. The fourth-order valence-electron chi connectivity index (χ4n) is 8.27. The summed E-state index contributed by atoms with van der Waals surface area (Å²) in [5, 5.41) is 33.8. The lowest BCUT2D eigenvalue weighted by molar-refractivity contribution is -0.385. The van der Waals surface area contributed by atoms with E-state index in [1.54, 1.807) is 64.3 Å². The summed E-state index contributed by atoms with van der Waals surface area (Å²) >= 11 is 0. The van der Waals surface area contributed by atoms with Crippen molar-refractivity contribution in [3.8, 4) is 0 Å². The Morgan fingerprint density at radius 1 is 1.07 bits per heavy atom. The first-order valence-electron chi connectivity index (χ1n) is 18.1. The number of aliphatic hydroxyl groups excluding tert-OH is 1. The number of fused-ring (bicyclic) bond motifs is 2. The topological polar surface area (TPSA) is 199 Å². The van der Waals surface area contributed by atoms with E-state index in [1.165, 1.54) is 12.1 Å². The Balaban J connectivity index is 1.17. The number of nitrogens with two attached hydrogens (primary N) is 1. The van der Waals surface area contributed by atoms with Crippen LogP contribution in [0.4, 0.5) is 22.7 Å². The number of aryl methyl sites for hydroxylation is 1. The second kappa shape index (κ2) is 14.8. The number of non-ortho nitro benzene ring substituents is 1. The van der Waals surface area contributed by atoms with Crippen LogP contribution in [0.2, 0.25) is 18.6 Å². The zero-order chi connectivity index (χ0) is 39.1. The number of hydrogen-bond donors (Lipinski definition) is 4. The highest BCUT2D eigenvalue weighted by atomic mass is 28.4. The van der Waals surface area contributed by atoms with Crippen LogP contribution in [0.5, 0.6) is 0 Å². The van der Waals surface area contributed by atoms with Crippen molar-refractivity contribution in [3.05, 3.63) is 141 Å². The number of carbonyl (C=O) groups is 2. The van der Waals surface area contributed by atoms with Crippen LogP contribution in [0, 0.1) is 16.0 Å². The summed E-state index contributed by atoms with van der Waals surface area (Å²) < 4.78 is 8.57. The molecule has 14 nitrogen and oxygen atoms in total. The normalized spacial score (nSPS) is 21.1. The van der Waals surface area contributed by atoms with Crippen LogP contribution in [-0.2, 0) is 28.2 Å². The average Bonchev–Trinajstić information content (AvgIpc) is 3.82. The molecule has 1 saturated heterocycles. The first-order chi connectivity index (χ1) is 26.3. The predicted octanol–water partition coefficient (Wildman–Crippen LogP) is 5.58. The largest absolute Gasteiger partial charge is 0.432 e. The predicted molar refractivity (Wildman–Crippen MR) is 209 cm³/mol. The van der Waals surface area contributed by atoms with Gasteiger partial charge in [0.05, 0.1) is 41.5 Å². The molecule has 15 heteroatoms. The van der Waals surface area contributed by atoms with Gasteiger partial charge in [-0.1, -0.05) is 54.6 Å². The fraction of sp³-hybridized carbons (Fsp3) is 0.300. The minimum absolute atomic E-state index is 0.0947. The molecule has 5 N–H and O–H groups in total. The maximum absolute atomic E-state index is 14.9. The van der Waals surface area contributed by atoms with Crippen molar-refractivity contribution >= 4 is 42.9 Å². The van der Waals surface area contributed by atoms with Crippen molar-refractivity contribution in [2.24, 2.45) is 5.92 Å². The van der Waals surface area contributed by atoms with Crippen LogP contribution in [0.1, 0.15) is 52.0 Å². The number of aromatic nitrogens is 3. The number of ether oxygens (including phenoxy) is 1. The SMILES string of the molecule is C[C@H]1[C@H]([Si](C)(C)O)[C@@H](CCn2cc(C(CO)c3ccccc3)nn2)O[C@]12C(=O)N(Cc1cccc(NC(=O)c3ccc(N)cc3)c1)c1ccc([N+](=O)[O-])cc12. The first kappa shape index (κ1) is 37.6. The monoisotopic (exact) mass is 761 g/mol. The van der Waals surface area contributed by atoms with Gasteiger partial charge in [-0.05, 0) is 73.1 Å². The third-order valence-corrected chi connectivity index (χ3v) is 13.3. The molecule has 5 aromatic rings. The van der Waals surface area contributed by atoms with E-state index in [0.29, 0.717) is 52.4 Å². The van der Waals surface area contributed by atoms with E-state index in [0.717, 1.165) is 5.56 Å². The number of nitro groups is 1. The highest BCUT2D eigenvalue weighted by Crippen LogP contribution is 2.60. The molecule has 1 spiro atoms. The number of rotatable bonds is 12. The van der Waals surface area contributed by atoms with Gasteiger partial charge in [-0.2, -0.15) is 0 Å². The Hall–Kier alpha value is -5.74. The molecule has 284 valence electrons. The summed E-state index contributed by atoms with van der Waals surface area (Å²) in [7, 11) is -3.04. The molecule has 1 unspecified atom stereocenters. The molecule has 0 bridgehead atoms. The van der Waals surface area contributed by atoms with Crippen LogP contribution < -0.4 is 16.0 Å². The molecule has 2 aliphatic rings. The summed E-state index contributed by atoms with van der Waals surface area (Å²) in [6.45, 7) is 5.82. The zero-order valence-corrected chi connectivity index (χ0v) is 31.7. The third kappa shape index (κ3) is 7.14. The number of hydrogen-bond acceptors (Lipinski definition) is 10. The van der Waals surface area contributed by atoms with Gasteiger partial charge in [0.15, 0.2) is 13.9 Å². The second-order valence-corrected chi connectivity index (χ2v) is 18.8. The number of nitrogen functional groups attached to an aromatic ring is 1. The average molecular weight is 762 g/mol. The number of carbonyl (C=O) groups excluding carboxylic acids is 2. The highest BCUT2D eigenvalue weighted by molar-refractivity contribution is 6.71. The van der Waals surface area contributed by atoms with Crippen LogP contribution in [0.25, 0.3) is 0 Å². The van der Waals surface area contributed by atoms with Gasteiger partial charge in [0.2, 0.25) is 0 Å². The molecule has 7 rings (SSSR count). The molecule has 4 aromatic carbocycles. The highest BCUT2D eigenvalue weighted by Gasteiger charge is 2.66. The third-order valence-electron chi connectivity index (χ3n) is 10.8. The minimum Gasteiger partial charge on any atom is -0.432 e. The van der Waals surface area contributed by atoms with Crippen molar-refractivity contribution in [2.45, 2.75) is 62.7 Å². The number of benzene rings is 4. The first-order valence-corrected chi connectivity index (χ1v) is 21.2. The van der Waals surface area contributed by atoms with E-state index in [2.05, 4.69) is 15.6 Å². The van der Waals surface area contributed by atoms with Crippen molar-refractivity contribution in [1.29, 1.82) is 0 Å². The Kier molecular flexibility index (Phi) is 10.1. The van der Waals surface area contributed by atoms with Crippen molar-refractivity contribution in [2.75, 3.05) is 22.6 Å². The van der Waals surface area contributed by atoms with Gasteiger partial charge in [0, 0.05) is 58.8 Å². The van der Waals surface area contributed by atoms with Crippen molar-refractivity contribution in [3.63, 3.8) is 0 Å². The number of nitrogens with one attached hydrogen (secondary N) is 1. The molecule has 2 aliphatic heterocycles. The number of nitrogens with zero attached hydrogens (tertiary/aromatic N) is 5. The molecule has 0 aliphatic carbocycles. The maximum Gasteiger partial charge on any atom is 0.269 e. The van der Waals surface area contributed by atoms with Crippen LogP contribution in [-0.4, -0.2) is 62.7 Å². The minimum atomic E-state index is -3.04. The lowest BCUT2D eigenvalue weighted by Gasteiger charge is -2.32. The fourth-order valence-corrected chi connectivity index (χ4v) is 10.9. The van der Waals surface area contributed by atoms with E-state index in [1.807, 2.05) is 56.4 Å². The molecular weight excluding hydrogens is 719 g/mol. The lowest BCUT2D eigenvalue weighted by atomic mass is 9.82.